The first kappa shape index (κ1) is 11.0. The second-order valence-corrected chi connectivity index (χ2v) is 3.43. The van der Waals surface area contributed by atoms with Crippen LogP contribution in [-0.2, 0) is 0 Å². The zero-order valence-electron chi connectivity index (χ0n) is 7.61. The highest BCUT2D eigenvalue weighted by atomic mass is 35.5. The van der Waals surface area contributed by atoms with Gasteiger partial charge in [-0.3, -0.25) is 0 Å². The van der Waals surface area contributed by atoms with Crippen molar-refractivity contribution in [3.8, 4) is 6.07 Å². The third-order valence-electron chi connectivity index (χ3n) is 1.97. The summed E-state index contributed by atoms with van der Waals surface area (Å²) in [4.78, 5) is 0. The van der Waals surface area contributed by atoms with E-state index >= 15 is 0 Å². The van der Waals surface area contributed by atoms with Crippen LogP contribution in [0.1, 0.15) is 17.2 Å². The van der Waals surface area contributed by atoms with Crippen molar-refractivity contribution in [3.63, 3.8) is 0 Å². The molecule has 0 aliphatic carbocycles. The molecule has 4 heteroatoms. The third kappa shape index (κ3) is 2.24. The quantitative estimate of drug-likeness (QED) is 0.730. The van der Waals surface area contributed by atoms with Gasteiger partial charge < -0.3 is 10.2 Å². The van der Waals surface area contributed by atoms with E-state index in [1.54, 1.807) is 24.3 Å². The molecule has 3 nitrogen and oxygen atoms in total. The van der Waals surface area contributed by atoms with Crippen LogP contribution in [0.25, 0.3) is 0 Å². The Morgan fingerprint density at radius 2 is 2.07 bits per heavy atom. The molecule has 74 valence electrons. The molecule has 1 rings (SSSR count). The first-order valence-corrected chi connectivity index (χ1v) is 4.46. The molecule has 2 unspecified atom stereocenters. The van der Waals surface area contributed by atoms with Crippen LogP contribution >= 0.6 is 11.6 Å². The van der Waals surface area contributed by atoms with Gasteiger partial charge in [0.25, 0.3) is 0 Å². The van der Waals surface area contributed by atoms with E-state index in [1.165, 1.54) is 0 Å². The van der Waals surface area contributed by atoms with Crippen molar-refractivity contribution in [2.75, 3.05) is 0 Å². The Bertz CT molecular complexity index is 373. The van der Waals surface area contributed by atoms with Crippen LogP contribution in [0, 0.1) is 18.3 Å². The third-order valence-corrected chi connectivity index (χ3v) is 2.38. The summed E-state index contributed by atoms with van der Waals surface area (Å²) < 4.78 is 0. The number of aliphatic hydroxyl groups is 2. The van der Waals surface area contributed by atoms with E-state index in [9.17, 15) is 5.11 Å². The van der Waals surface area contributed by atoms with E-state index < -0.39 is 12.2 Å². The van der Waals surface area contributed by atoms with Crippen LogP contribution < -0.4 is 0 Å². The largest absolute Gasteiger partial charge is 0.385 e. The maximum atomic E-state index is 9.47. The van der Waals surface area contributed by atoms with Crippen LogP contribution in [0.4, 0.5) is 0 Å². The zero-order valence-corrected chi connectivity index (χ0v) is 8.36. The summed E-state index contributed by atoms with van der Waals surface area (Å²) in [7, 11) is 0. The molecular formula is C10H10ClNO2. The van der Waals surface area contributed by atoms with Crippen molar-refractivity contribution >= 4 is 11.6 Å². The first-order chi connectivity index (χ1) is 6.56. The van der Waals surface area contributed by atoms with Gasteiger partial charge in [0.15, 0.2) is 6.10 Å². The number of benzene rings is 1. The van der Waals surface area contributed by atoms with Crippen molar-refractivity contribution in [3.05, 3.63) is 34.3 Å². The fraction of sp³-hybridized carbons (Fsp3) is 0.300. The average molecular weight is 212 g/mol. The number of hydrogen-bond donors (Lipinski definition) is 2. The van der Waals surface area contributed by atoms with Gasteiger partial charge in [-0.15, -0.1) is 0 Å². The Hall–Kier alpha value is -1.08. The average Bonchev–Trinajstić information content (AvgIpc) is 2.20. The monoisotopic (exact) mass is 211 g/mol. The van der Waals surface area contributed by atoms with Crippen molar-refractivity contribution in [2.45, 2.75) is 19.1 Å². The van der Waals surface area contributed by atoms with E-state index in [-0.39, 0.29) is 0 Å². The molecule has 0 radical (unpaired) electrons. The van der Waals surface area contributed by atoms with Crippen molar-refractivity contribution in [2.24, 2.45) is 0 Å². The number of rotatable bonds is 2. The molecule has 1 aromatic carbocycles. The molecule has 1 aromatic rings. The van der Waals surface area contributed by atoms with E-state index in [0.717, 1.165) is 5.56 Å². The molecule has 0 amide bonds. The van der Waals surface area contributed by atoms with Gasteiger partial charge in [0.05, 0.1) is 6.07 Å². The van der Waals surface area contributed by atoms with Crippen LogP contribution in [0.2, 0.25) is 5.02 Å². The van der Waals surface area contributed by atoms with Gasteiger partial charge in [-0.1, -0.05) is 23.7 Å². The fourth-order valence-electron chi connectivity index (χ4n) is 1.05. The van der Waals surface area contributed by atoms with Gasteiger partial charge in [0, 0.05) is 5.02 Å². The second kappa shape index (κ2) is 4.43. The molecule has 0 spiro atoms. The Morgan fingerprint density at radius 1 is 1.43 bits per heavy atom. The van der Waals surface area contributed by atoms with Gasteiger partial charge in [-0.25, -0.2) is 0 Å². The highest BCUT2D eigenvalue weighted by Crippen LogP contribution is 2.23. The summed E-state index contributed by atoms with van der Waals surface area (Å²) in [5.74, 6) is 0. The Labute approximate surface area is 87.2 Å². The van der Waals surface area contributed by atoms with Gasteiger partial charge in [0.2, 0.25) is 0 Å². The Morgan fingerprint density at radius 3 is 2.57 bits per heavy atom. The van der Waals surface area contributed by atoms with E-state index in [4.69, 9.17) is 22.0 Å². The zero-order chi connectivity index (χ0) is 10.7. The maximum Gasteiger partial charge on any atom is 0.170 e. The molecule has 0 saturated carbocycles. The summed E-state index contributed by atoms with van der Waals surface area (Å²) in [6.45, 7) is 1.83. The van der Waals surface area contributed by atoms with Crippen LogP contribution in [0.15, 0.2) is 18.2 Å². The van der Waals surface area contributed by atoms with Crippen molar-refractivity contribution in [1.82, 2.24) is 0 Å². The molecule has 14 heavy (non-hydrogen) atoms. The first-order valence-electron chi connectivity index (χ1n) is 4.08. The number of aliphatic hydroxyl groups excluding tert-OH is 2. The van der Waals surface area contributed by atoms with Crippen molar-refractivity contribution in [1.29, 1.82) is 5.26 Å². The van der Waals surface area contributed by atoms with Gasteiger partial charge in [-0.2, -0.15) is 5.26 Å². The molecule has 2 N–H and O–H groups in total. The van der Waals surface area contributed by atoms with Gasteiger partial charge in [-0.05, 0) is 24.1 Å². The lowest BCUT2D eigenvalue weighted by atomic mass is 10.0. The lowest BCUT2D eigenvalue weighted by Crippen LogP contribution is -2.15. The SMILES string of the molecule is Cc1ccc(C(O)C(O)C#N)cc1Cl. The van der Waals surface area contributed by atoms with Crippen LogP contribution in [-0.4, -0.2) is 16.3 Å². The minimum atomic E-state index is -1.42. The molecule has 0 bridgehead atoms. The van der Waals surface area contributed by atoms with E-state index in [2.05, 4.69) is 0 Å². The van der Waals surface area contributed by atoms with E-state index in [1.807, 2.05) is 6.92 Å². The fourth-order valence-corrected chi connectivity index (χ4v) is 1.23. The molecule has 0 fully saturated rings. The molecule has 0 saturated heterocycles. The highest BCUT2D eigenvalue weighted by Gasteiger charge is 2.17. The number of aryl methyl sites for hydroxylation is 1. The standard InChI is InChI=1S/C10H10ClNO2/c1-6-2-3-7(4-8(6)11)10(14)9(13)5-12/h2-4,9-10,13-14H,1H3. The summed E-state index contributed by atoms with van der Waals surface area (Å²) in [5.41, 5.74) is 1.32. The Balaban J connectivity index is 2.98. The number of nitrogens with zero attached hydrogens (tertiary/aromatic N) is 1. The molecule has 0 heterocycles. The molecule has 0 aromatic heterocycles. The lowest BCUT2D eigenvalue weighted by molar-refractivity contribution is 0.0528. The van der Waals surface area contributed by atoms with Gasteiger partial charge >= 0.3 is 0 Å². The molecule has 0 aliphatic rings. The summed E-state index contributed by atoms with van der Waals surface area (Å²) in [6, 6.07) is 6.46. The second-order valence-electron chi connectivity index (χ2n) is 3.03. The maximum absolute atomic E-state index is 9.47. The predicted molar refractivity (Wildman–Crippen MR) is 52.8 cm³/mol. The minimum absolute atomic E-state index is 0.439. The molecule has 2 atom stereocenters. The molecule has 0 aliphatic heterocycles. The van der Waals surface area contributed by atoms with Gasteiger partial charge in [0.1, 0.15) is 6.10 Å². The normalized spacial score (nSPS) is 14.5. The molecular weight excluding hydrogens is 202 g/mol. The van der Waals surface area contributed by atoms with Crippen LogP contribution in [0.5, 0.6) is 0 Å². The summed E-state index contributed by atoms with van der Waals surface area (Å²) >= 11 is 5.83. The number of nitriles is 1. The smallest absolute Gasteiger partial charge is 0.170 e. The summed E-state index contributed by atoms with van der Waals surface area (Å²) in [6.07, 6.45) is -2.63. The number of hydrogen-bond acceptors (Lipinski definition) is 3. The predicted octanol–water partition coefficient (Wildman–Crippen LogP) is 1.57. The van der Waals surface area contributed by atoms with Crippen LogP contribution in [0.3, 0.4) is 0 Å². The Kier molecular flexibility index (Phi) is 3.48. The lowest BCUT2D eigenvalue weighted by Gasteiger charge is -2.12. The van der Waals surface area contributed by atoms with Crippen molar-refractivity contribution < 1.29 is 10.2 Å². The summed E-state index contributed by atoms with van der Waals surface area (Å²) in [5, 5.41) is 27.5. The number of halogens is 1. The minimum Gasteiger partial charge on any atom is -0.385 e. The van der Waals surface area contributed by atoms with E-state index in [0.29, 0.717) is 10.6 Å². The highest BCUT2D eigenvalue weighted by molar-refractivity contribution is 6.31. The topological polar surface area (TPSA) is 64.2 Å².